The van der Waals surface area contributed by atoms with Crippen LogP contribution in [-0.4, -0.2) is 16.9 Å². The van der Waals surface area contributed by atoms with Crippen LogP contribution >= 0.6 is 0 Å². The maximum atomic E-state index is 12.6. The number of hydrogen-bond acceptors (Lipinski definition) is 3. The van der Waals surface area contributed by atoms with Crippen LogP contribution in [0.1, 0.15) is 41.6 Å². The number of alkyl halides is 3. The lowest BCUT2D eigenvalue weighted by Crippen LogP contribution is -2.16. The molecular weight excluding hydrogens is 331 g/mol. The van der Waals surface area contributed by atoms with Crippen LogP contribution in [0, 0.1) is 0 Å². The van der Waals surface area contributed by atoms with Crippen LogP contribution in [-0.2, 0) is 6.18 Å². The SMILES string of the molecule is O=C(Nc1ccc(C(F)(F)F)cc1)c1cncc(NC2CCCC2)c1. The average Bonchev–Trinajstić information content (AvgIpc) is 3.08. The first-order valence-corrected chi connectivity index (χ1v) is 8.12. The van der Waals surface area contributed by atoms with Crippen molar-refractivity contribution in [1.29, 1.82) is 0 Å². The number of carbonyl (C=O) groups is 1. The van der Waals surface area contributed by atoms with Gasteiger partial charge >= 0.3 is 6.18 Å². The molecule has 0 unspecified atom stereocenters. The Bertz CT molecular complexity index is 738. The van der Waals surface area contributed by atoms with Crippen LogP contribution in [0.2, 0.25) is 0 Å². The maximum absolute atomic E-state index is 12.6. The van der Waals surface area contributed by atoms with Gasteiger partial charge in [-0.05, 0) is 43.2 Å². The highest BCUT2D eigenvalue weighted by atomic mass is 19.4. The van der Waals surface area contributed by atoms with Gasteiger partial charge in [-0.25, -0.2) is 0 Å². The van der Waals surface area contributed by atoms with Crippen LogP contribution in [0.25, 0.3) is 0 Å². The van der Waals surface area contributed by atoms with Gasteiger partial charge < -0.3 is 10.6 Å². The van der Waals surface area contributed by atoms with Crippen molar-refractivity contribution in [3.8, 4) is 0 Å². The summed E-state index contributed by atoms with van der Waals surface area (Å²) in [6.45, 7) is 0. The molecule has 0 aliphatic heterocycles. The van der Waals surface area contributed by atoms with Crippen molar-refractivity contribution >= 4 is 17.3 Å². The second kappa shape index (κ2) is 7.13. The Hall–Kier alpha value is -2.57. The number of anilines is 2. The van der Waals surface area contributed by atoms with Crippen molar-refractivity contribution < 1.29 is 18.0 Å². The van der Waals surface area contributed by atoms with E-state index in [-0.39, 0.29) is 0 Å². The number of halogens is 3. The molecule has 1 amide bonds. The maximum Gasteiger partial charge on any atom is 0.416 e. The Balaban J connectivity index is 1.66. The van der Waals surface area contributed by atoms with Crippen molar-refractivity contribution in [3.63, 3.8) is 0 Å². The summed E-state index contributed by atoms with van der Waals surface area (Å²) in [7, 11) is 0. The van der Waals surface area contributed by atoms with Gasteiger partial charge in [0.25, 0.3) is 5.91 Å². The molecule has 1 aromatic heterocycles. The highest BCUT2D eigenvalue weighted by Crippen LogP contribution is 2.30. The molecule has 0 saturated heterocycles. The van der Waals surface area contributed by atoms with Crippen LogP contribution in [0.15, 0.2) is 42.7 Å². The van der Waals surface area contributed by atoms with Gasteiger partial charge in [0, 0.05) is 24.1 Å². The minimum absolute atomic E-state index is 0.298. The van der Waals surface area contributed by atoms with Crippen LogP contribution in [0.5, 0.6) is 0 Å². The topological polar surface area (TPSA) is 54.0 Å². The molecule has 132 valence electrons. The molecule has 0 spiro atoms. The zero-order valence-corrected chi connectivity index (χ0v) is 13.4. The molecule has 2 N–H and O–H groups in total. The molecule has 3 rings (SSSR count). The second-order valence-corrected chi connectivity index (χ2v) is 6.12. The molecule has 1 aliphatic rings. The Labute approximate surface area is 143 Å². The van der Waals surface area contributed by atoms with Gasteiger partial charge in [-0.2, -0.15) is 13.2 Å². The van der Waals surface area contributed by atoms with E-state index in [1.807, 2.05) is 0 Å². The predicted molar refractivity (Wildman–Crippen MR) is 89.5 cm³/mol. The zero-order valence-electron chi connectivity index (χ0n) is 13.4. The Morgan fingerprint density at radius 1 is 1.04 bits per heavy atom. The van der Waals surface area contributed by atoms with Crippen LogP contribution in [0.3, 0.4) is 0 Å². The highest BCUT2D eigenvalue weighted by Gasteiger charge is 2.30. The molecular formula is C18H18F3N3O. The zero-order chi connectivity index (χ0) is 17.9. The number of nitrogens with one attached hydrogen (secondary N) is 2. The molecule has 4 nitrogen and oxygen atoms in total. The lowest BCUT2D eigenvalue weighted by Gasteiger charge is -2.14. The Kier molecular flexibility index (Phi) is 4.92. The minimum Gasteiger partial charge on any atom is -0.381 e. The minimum atomic E-state index is -4.40. The van der Waals surface area contributed by atoms with Crippen LogP contribution < -0.4 is 10.6 Å². The lowest BCUT2D eigenvalue weighted by atomic mass is 10.2. The van der Waals surface area contributed by atoms with Gasteiger partial charge in [-0.3, -0.25) is 9.78 Å². The number of rotatable bonds is 4. The van der Waals surface area contributed by atoms with Gasteiger partial charge in [0.15, 0.2) is 0 Å². The number of pyridine rings is 1. The van der Waals surface area contributed by atoms with E-state index in [0.29, 0.717) is 17.3 Å². The van der Waals surface area contributed by atoms with Crippen molar-refractivity contribution in [2.75, 3.05) is 10.6 Å². The normalized spacial score (nSPS) is 15.2. The number of carbonyl (C=O) groups excluding carboxylic acids is 1. The van der Waals surface area contributed by atoms with Crippen molar-refractivity contribution in [2.45, 2.75) is 37.9 Å². The molecule has 1 aliphatic carbocycles. The fourth-order valence-electron chi connectivity index (χ4n) is 2.89. The number of hydrogen-bond donors (Lipinski definition) is 2. The molecule has 0 radical (unpaired) electrons. The first-order valence-electron chi connectivity index (χ1n) is 8.12. The van der Waals surface area contributed by atoms with E-state index in [0.717, 1.165) is 30.7 Å². The third-order valence-corrected chi connectivity index (χ3v) is 4.20. The molecule has 1 aromatic carbocycles. The van der Waals surface area contributed by atoms with E-state index in [1.54, 1.807) is 12.3 Å². The van der Waals surface area contributed by atoms with E-state index in [4.69, 9.17) is 0 Å². The molecule has 1 heterocycles. The summed E-state index contributed by atoms with van der Waals surface area (Å²) in [5.74, 6) is -0.415. The van der Waals surface area contributed by atoms with E-state index in [9.17, 15) is 18.0 Å². The van der Waals surface area contributed by atoms with Gasteiger partial charge in [-0.1, -0.05) is 12.8 Å². The third-order valence-electron chi connectivity index (χ3n) is 4.20. The van der Waals surface area contributed by atoms with Crippen molar-refractivity contribution in [2.24, 2.45) is 0 Å². The second-order valence-electron chi connectivity index (χ2n) is 6.12. The summed E-state index contributed by atoms with van der Waals surface area (Å²) < 4.78 is 37.7. The van der Waals surface area contributed by atoms with Crippen molar-refractivity contribution in [1.82, 2.24) is 4.98 Å². The Morgan fingerprint density at radius 2 is 1.72 bits per heavy atom. The summed E-state index contributed by atoms with van der Waals surface area (Å²) in [6.07, 6.45) is 3.28. The third kappa shape index (κ3) is 4.49. The van der Waals surface area contributed by atoms with Crippen molar-refractivity contribution in [3.05, 3.63) is 53.9 Å². The monoisotopic (exact) mass is 349 g/mol. The average molecular weight is 349 g/mol. The summed E-state index contributed by atoms with van der Waals surface area (Å²) in [6, 6.07) is 6.43. The fraction of sp³-hybridized carbons (Fsp3) is 0.333. The van der Waals surface area contributed by atoms with Gasteiger partial charge in [-0.15, -0.1) is 0 Å². The number of nitrogens with zero attached hydrogens (tertiary/aromatic N) is 1. The highest BCUT2D eigenvalue weighted by molar-refractivity contribution is 6.04. The summed E-state index contributed by atoms with van der Waals surface area (Å²) in [4.78, 5) is 16.3. The molecule has 1 fully saturated rings. The van der Waals surface area contributed by atoms with Gasteiger partial charge in [0.1, 0.15) is 0 Å². The first-order chi connectivity index (χ1) is 11.9. The number of aromatic nitrogens is 1. The summed E-state index contributed by atoms with van der Waals surface area (Å²) in [5.41, 5.74) is 0.664. The first kappa shape index (κ1) is 17.3. The molecule has 7 heteroatoms. The predicted octanol–water partition coefficient (Wildman–Crippen LogP) is 4.71. The van der Waals surface area contributed by atoms with E-state index in [1.165, 1.54) is 31.2 Å². The van der Waals surface area contributed by atoms with Gasteiger partial charge in [0.05, 0.1) is 16.8 Å². The molecule has 25 heavy (non-hydrogen) atoms. The van der Waals surface area contributed by atoms with Crippen LogP contribution in [0.4, 0.5) is 24.5 Å². The molecule has 2 aromatic rings. The van der Waals surface area contributed by atoms with E-state index >= 15 is 0 Å². The lowest BCUT2D eigenvalue weighted by molar-refractivity contribution is -0.137. The van der Waals surface area contributed by atoms with E-state index in [2.05, 4.69) is 15.6 Å². The van der Waals surface area contributed by atoms with Gasteiger partial charge in [0.2, 0.25) is 0 Å². The smallest absolute Gasteiger partial charge is 0.381 e. The molecule has 0 bridgehead atoms. The quantitative estimate of drug-likeness (QED) is 0.841. The number of amides is 1. The Morgan fingerprint density at radius 3 is 2.36 bits per heavy atom. The van der Waals surface area contributed by atoms with E-state index < -0.39 is 17.6 Å². The summed E-state index contributed by atoms with van der Waals surface area (Å²) >= 11 is 0. The fourth-order valence-corrected chi connectivity index (χ4v) is 2.89. The standard InChI is InChI=1S/C18H18F3N3O/c19-18(20,21)13-5-7-15(8-6-13)24-17(25)12-9-16(11-22-10-12)23-14-3-1-2-4-14/h5-11,14,23H,1-4H2,(H,24,25). The largest absolute Gasteiger partial charge is 0.416 e. The molecule has 0 atom stereocenters. The number of benzene rings is 1. The summed E-state index contributed by atoms with van der Waals surface area (Å²) in [5, 5.41) is 5.94. The molecule has 1 saturated carbocycles.